The van der Waals surface area contributed by atoms with Gasteiger partial charge in [0.2, 0.25) is 0 Å². The van der Waals surface area contributed by atoms with Crippen LogP contribution in [0.4, 0.5) is 4.39 Å². The van der Waals surface area contributed by atoms with E-state index in [1.54, 1.807) is 36.9 Å². The molecule has 10 heteroatoms. The van der Waals surface area contributed by atoms with Crippen LogP contribution in [0, 0.1) is 12.7 Å². The highest BCUT2D eigenvalue weighted by Crippen LogP contribution is 2.33. The number of carbonyl (C=O) groups is 1. The molecular formula is C25H27FN6O2S. The summed E-state index contributed by atoms with van der Waals surface area (Å²) in [7, 11) is 0. The lowest BCUT2D eigenvalue weighted by Crippen LogP contribution is -2.25. The van der Waals surface area contributed by atoms with Crippen LogP contribution in [-0.4, -0.2) is 43.6 Å². The number of halogens is 1. The number of nitrogens with zero attached hydrogens (tertiary/aromatic N) is 5. The number of fused-ring (bicyclic) bond motifs is 1. The van der Waals surface area contributed by atoms with Crippen molar-refractivity contribution in [1.29, 1.82) is 0 Å². The molecule has 3 aromatic heterocycles. The van der Waals surface area contributed by atoms with Gasteiger partial charge in [-0.05, 0) is 62.8 Å². The maximum Gasteiger partial charge on any atom is 0.259 e. The van der Waals surface area contributed by atoms with Crippen LogP contribution >= 0.6 is 11.8 Å². The van der Waals surface area contributed by atoms with Crippen molar-refractivity contribution < 1.29 is 13.7 Å². The predicted molar refractivity (Wildman–Crippen MR) is 132 cm³/mol. The minimum Gasteiger partial charge on any atom is -0.352 e. The average molecular weight is 495 g/mol. The maximum absolute atomic E-state index is 13.4. The van der Waals surface area contributed by atoms with Crippen LogP contribution in [-0.2, 0) is 6.42 Å². The molecule has 182 valence electrons. The van der Waals surface area contributed by atoms with E-state index in [9.17, 15) is 9.18 Å². The number of rotatable bonds is 8. The highest BCUT2D eigenvalue weighted by molar-refractivity contribution is 7.98. The highest BCUT2D eigenvalue weighted by atomic mass is 32.2. The number of amides is 1. The average Bonchev–Trinajstić information content (AvgIpc) is 3.61. The minimum atomic E-state index is -0.336. The molecule has 1 saturated carbocycles. The van der Waals surface area contributed by atoms with E-state index in [1.165, 1.54) is 37.8 Å². The fourth-order valence-corrected chi connectivity index (χ4v) is 5.31. The zero-order valence-corrected chi connectivity index (χ0v) is 20.6. The summed E-state index contributed by atoms with van der Waals surface area (Å²) in [6, 6.07) is 8.15. The maximum atomic E-state index is 13.4. The lowest BCUT2D eigenvalue weighted by atomic mass is 10.0. The number of aryl methyl sites for hydroxylation is 2. The number of pyridine rings is 1. The van der Waals surface area contributed by atoms with E-state index in [4.69, 9.17) is 4.52 Å². The molecular weight excluding hydrogens is 467 g/mol. The Hall–Kier alpha value is -3.27. The number of benzene rings is 1. The first-order valence-electron chi connectivity index (χ1n) is 11.8. The molecule has 1 N–H and O–H groups in total. The number of hydrogen-bond donors (Lipinski definition) is 1. The number of aromatic nitrogens is 5. The molecule has 3 heterocycles. The number of nitrogens with one attached hydrogen (secondary N) is 1. The molecule has 0 unspecified atom stereocenters. The molecule has 5 rings (SSSR count). The van der Waals surface area contributed by atoms with Crippen molar-refractivity contribution in [2.75, 3.05) is 12.8 Å². The Balaban J connectivity index is 1.30. The van der Waals surface area contributed by atoms with Gasteiger partial charge in [-0.3, -0.25) is 4.79 Å². The van der Waals surface area contributed by atoms with Crippen molar-refractivity contribution in [2.24, 2.45) is 0 Å². The fourth-order valence-electron chi connectivity index (χ4n) is 4.73. The van der Waals surface area contributed by atoms with Gasteiger partial charge in [0, 0.05) is 24.6 Å². The summed E-state index contributed by atoms with van der Waals surface area (Å²) in [5.41, 5.74) is 2.52. The van der Waals surface area contributed by atoms with Gasteiger partial charge in [0.05, 0.1) is 22.3 Å². The van der Waals surface area contributed by atoms with E-state index in [0.717, 1.165) is 23.8 Å². The summed E-state index contributed by atoms with van der Waals surface area (Å²) in [5.74, 6) is 0.418. The number of hydrogen-bond acceptors (Lipinski definition) is 7. The third-order valence-electron chi connectivity index (χ3n) is 6.47. The number of thioether (sulfide) groups is 1. The van der Waals surface area contributed by atoms with Crippen LogP contribution in [0.2, 0.25) is 0 Å². The topological polar surface area (TPSA) is 98.7 Å². The molecule has 0 spiro atoms. The standard InChI is InChI=1S/C25H27FN6O2S/c1-15-22-19(14-20(28-24(22)34-31-15)16-9-11-17(26)12-10-16)23(33)27-13-5-8-21-29-30-25(35-2)32(21)18-6-3-4-7-18/h9-12,14,18H,3-8,13H2,1-2H3,(H,27,33). The largest absolute Gasteiger partial charge is 0.352 e. The molecule has 0 bridgehead atoms. The second-order valence-electron chi connectivity index (χ2n) is 8.78. The first kappa shape index (κ1) is 23.5. The summed E-state index contributed by atoms with van der Waals surface area (Å²) in [5, 5.41) is 17.3. The molecule has 35 heavy (non-hydrogen) atoms. The number of carbonyl (C=O) groups excluding carboxylic acids is 1. The molecule has 1 amide bonds. The van der Waals surface area contributed by atoms with Crippen molar-refractivity contribution in [3.63, 3.8) is 0 Å². The Morgan fingerprint density at radius 1 is 1.23 bits per heavy atom. The molecule has 4 aromatic rings. The second-order valence-corrected chi connectivity index (χ2v) is 9.55. The van der Waals surface area contributed by atoms with E-state index < -0.39 is 0 Å². The summed E-state index contributed by atoms with van der Waals surface area (Å²) >= 11 is 1.63. The highest BCUT2D eigenvalue weighted by Gasteiger charge is 2.24. The zero-order valence-electron chi connectivity index (χ0n) is 19.8. The van der Waals surface area contributed by atoms with Crippen molar-refractivity contribution in [3.8, 4) is 11.3 Å². The molecule has 1 aliphatic rings. The molecule has 1 aromatic carbocycles. The molecule has 0 atom stereocenters. The predicted octanol–water partition coefficient (Wildman–Crippen LogP) is 5.13. The second kappa shape index (κ2) is 10.2. The molecule has 0 saturated heterocycles. The van der Waals surface area contributed by atoms with Gasteiger partial charge in [-0.15, -0.1) is 10.2 Å². The molecule has 1 fully saturated rings. The van der Waals surface area contributed by atoms with Crippen LogP contribution in [0.15, 0.2) is 40.0 Å². The molecule has 0 radical (unpaired) electrons. The summed E-state index contributed by atoms with van der Waals surface area (Å²) in [6.07, 6.45) is 8.34. The van der Waals surface area contributed by atoms with Gasteiger partial charge in [-0.25, -0.2) is 9.37 Å². The van der Waals surface area contributed by atoms with Crippen molar-refractivity contribution in [3.05, 3.63) is 53.2 Å². The van der Waals surface area contributed by atoms with Gasteiger partial charge in [0.15, 0.2) is 5.16 Å². The van der Waals surface area contributed by atoms with Crippen LogP contribution in [0.1, 0.15) is 60.0 Å². The van der Waals surface area contributed by atoms with Gasteiger partial charge in [-0.2, -0.15) is 0 Å². The fraction of sp³-hybridized carbons (Fsp3) is 0.400. The molecule has 1 aliphatic carbocycles. The first-order chi connectivity index (χ1) is 17.0. The van der Waals surface area contributed by atoms with E-state index in [1.807, 2.05) is 6.26 Å². The monoisotopic (exact) mass is 494 g/mol. The van der Waals surface area contributed by atoms with Crippen LogP contribution in [0.25, 0.3) is 22.4 Å². The molecule has 0 aliphatic heterocycles. The normalized spacial score (nSPS) is 14.1. The Labute approximate surface area is 206 Å². The van der Waals surface area contributed by atoms with Crippen LogP contribution in [0.5, 0.6) is 0 Å². The summed E-state index contributed by atoms with van der Waals surface area (Å²) < 4.78 is 21.0. The van der Waals surface area contributed by atoms with Gasteiger partial charge in [-0.1, -0.05) is 29.8 Å². The lowest BCUT2D eigenvalue weighted by molar-refractivity contribution is 0.0954. The van der Waals surface area contributed by atoms with E-state index in [-0.39, 0.29) is 17.4 Å². The van der Waals surface area contributed by atoms with Gasteiger partial charge < -0.3 is 14.4 Å². The Morgan fingerprint density at radius 3 is 2.74 bits per heavy atom. The van der Waals surface area contributed by atoms with Crippen molar-refractivity contribution in [2.45, 2.75) is 56.6 Å². The van der Waals surface area contributed by atoms with Gasteiger partial charge in [0.25, 0.3) is 11.6 Å². The first-order valence-corrected chi connectivity index (χ1v) is 13.1. The van der Waals surface area contributed by atoms with Crippen LogP contribution < -0.4 is 5.32 Å². The quantitative estimate of drug-likeness (QED) is 0.268. The Kier molecular flexibility index (Phi) is 6.81. The van der Waals surface area contributed by atoms with E-state index >= 15 is 0 Å². The Morgan fingerprint density at radius 2 is 2.00 bits per heavy atom. The van der Waals surface area contributed by atoms with E-state index in [0.29, 0.717) is 40.5 Å². The van der Waals surface area contributed by atoms with Crippen LogP contribution in [0.3, 0.4) is 0 Å². The van der Waals surface area contributed by atoms with Crippen molar-refractivity contribution >= 4 is 28.8 Å². The third kappa shape index (κ3) is 4.80. The molecule has 8 nitrogen and oxygen atoms in total. The van der Waals surface area contributed by atoms with E-state index in [2.05, 4.69) is 30.2 Å². The van der Waals surface area contributed by atoms with Gasteiger partial charge in [0.1, 0.15) is 11.6 Å². The summed E-state index contributed by atoms with van der Waals surface area (Å²) in [6.45, 7) is 2.27. The SMILES string of the molecule is CSc1nnc(CCCNC(=O)c2cc(-c3ccc(F)cc3)nc3onc(C)c23)n1C1CCCC1. The minimum absolute atomic E-state index is 0.228. The Bertz CT molecular complexity index is 1340. The summed E-state index contributed by atoms with van der Waals surface area (Å²) in [4.78, 5) is 17.7. The third-order valence-corrected chi connectivity index (χ3v) is 7.12. The zero-order chi connectivity index (χ0) is 24.4. The smallest absolute Gasteiger partial charge is 0.259 e. The lowest BCUT2D eigenvalue weighted by Gasteiger charge is -2.16. The van der Waals surface area contributed by atoms with Crippen molar-refractivity contribution in [1.82, 2.24) is 30.2 Å². The van der Waals surface area contributed by atoms with Gasteiger partial charge >= 0.3 is 0 Å².